The molecule has 118 valence electrons. The van der Waals surface area contributed by atoms with Gasteiger partial charge in [0.05, 0.1) is 17.9 Å². The molecule has 1 aromatic heterocycles. The molecule has 0 N–H and O–H groups in total. The van der Waals surface area contributed by atoms with Crippen LogP contribution in [-0.4, -0.2) is 22.4 Å². The van der Waals surface area contributed by atoms with Crippen LogP contribution in [0.1, 0.15) is 28.5 Å². The van der Waals surface area contributed by atoms with Gasteiger partial charge in [0.15, 0.2) is 5.69 Å². The Kier molecular flexibility index (Phi) is 4.25. The lowest BCUT2D eigenvalue weighted by molar-refractivity contribution is -0.137. The number of hydrogen-bond acceptors (Lipinski definition) is 3. The van der Waals surface area contributed by atoms with Crippen LogP contribution in [0.4, 0.5) is 13.2 Å². The lowest BCUT2D eigenvalue weighted by Crippen LogP contribution is -2.06. The van der Waals surface area contributed by atoms with E-state index in [0.29, 0.717) is 16.8 Å². The average Bonchev–Trinajstić information content (AvgIpc) is 2.80. The highest BCUT2D eigenvalue weighted by Crippen LogP contribution is 2.34. The molecule has 1 heterocycles. The summed E-state index contributed by atoms with van der Waals surface area (Å²) in [6.45, 7) is 3.57. The van der Waals surface area contributed by atoms with Crippen LogP contribution in [0.25, 0.3) is 11.3 Å². The molecule has 0 aliphatic heterocycles. The Morgan fingerprint density at radius 1 is 1.32 bits per heavy atom. The van der Waals surface area contributed by atoms with E-state index >= 15 is 0 Å². The van der Waals surface area contributed by atoms with Gasteiger partial charge in [-0.05, 0) is 37.6 Å². The summed E-state index contributed by atoms with van der Waals surface area (Å²) in [7, 11) is 1.57. The van der Waals surface area contributed by atoms with E-state index in [4.69, 9.17) is 4.74 Å². The van der Waals surface area contributed by atoms with Crippen molar-refractivity contribution in [3.8, 4) is 11.3 Å². The van der Waals surface area contributed by atoms with Gasteiger partial charge in [0.25, 0.3) is 0 Å². The number of esters is 1. The SMILES string of the molecule is CCOC(=O)c1cc(-c2cc(C(F)(F)F)ccc2C)n(C)n1. The quantitative estimate of drug-likeness (QED) is 0.814. The van der Waals surface area contributed by atoms with Crippen molar-refractivity contribution < 1.29 is 22.7 Å². The van der Waals surface area contributed by atoms with E-state index in [0.717, 1.165) is 12.1 Å². The smallest absolute Gasteiger partial charge is 0.416 e. The molecule has 0 saturated carbocycles. The second kappa shape index (κ2) is 5.82. The fourth-order valence-corrected chi connectivity index (χ4v) is 2.10. The molecule has 7 heteroatoms. The normalized spacial score (nSPS) is 11.5. The Morgan fingerprint density at radius 3 is 2.59 bits per heavy atom. The minimum Gasteiger partial charge on any atom is -0.461 e. The molecule has 0 amide bonds. The minimum absolute atomic E-state index is 0.0659. The van der Waals surface area contributed by atoms with Gasteiger partial charge in [-0.25, -0.2) is 4.79 Å². The Bertz CT molecular complexity index is 705. The van der Waals surface area contributed by atoms with Gasteiger partial charge in [-0.2, -0.15) is 18.3 Å². The molecule has 2 rings (SSSR count). The van der Waals surface area contributed by atoms with Gasteiger partial charge < -0.3 is 4.74 Å². The van der Waals surface area contributed by atoms with E-state index in [9.17, 15) is 18.0 Å². The van der Waals surface area contributed by atoms with Gasteiger partial charge in [0, 0.05) is 12.6 Å². The van der Waals surface area contributed by atoms with Crippen molar-refractivity contribution in [1.82, 2.24) is 9.78 Å². The van der Waals surface area contributed by atoms with Crippen molar-refractivity contribution in [2.45, 2.75) is 20.0 Å². The molecule has 0 aliphatic rings. The van der Waals surface area contributed by atoms with Gasteiger partial charge >= 0.3 is 12.1 Å². The van der Waals surface area contributed by atoms with Gasteiger partial charge in [-0.1, -0.05) is 6.07 Å². The number of benzene rings is 1. The Labute approximate surface area is 125 Å². The highest BCUT2D eigenvalue weighted by atomic mass is 19.4. The molecule has 2 aromatic rings. The third kappa shape index (κ3) is 3.13. The molecular formula is C15H15F3N2O2. The number of aryl methyl sites for hydroxylation is 2. The number of rotatable bonds is 3. The Hall–Kier alpha value is -2.31. The van der Waals surface area contributed by atoms with Crippen LogP contribution in [0.2, 0.25) is 0 Å². The summed E-state index contributed by atoms with van der Waals surface area (Å²) in [5, 5.41) is 4.00. The summed E-state index contributed by atoms with van der Waals surface area (Å²) >= 11 is 0. The first-order valence-corrected chi connectivity index (χ1v) is 6.63. The highest BCUT2D eigenvalue weighted by Gasteiger charge is 2.31. The topological polar surface area (TPSA) is 44.1 Å². The maximum Gasteiger partial charge on any atom is 0.416 e. The molecule has 0 atom stereocenters. The van der Waals surface area contributed by atoms with Crippen LogP contribution in [0.3, 0.4) is 0 Å². The maximum atomic E-state index is 12.9. The molecule has 4 nitrogen and oxygen atoms in total. The summed E-state index contributed by atoms with van der Waals surface area (Å²) in [6, 6.07) is 4.92. The van der Waals surface area contributed by atoms with Crippen molar-refractivity contribution in [3.05, 3.63) is 41.1 Å². The fraction of sp³-hybridized carbons (Fsp3) is 0.333. The fourth-order valence-electron chi connectivity index (χ4n) is 2.10. The summed E-state index contributed by atoms with van der Waals surface area (Å²) < 4.78 is 44.8. The third-order valence-electron chi connectivity index (χ3n) is 3.21. The lowest BCUT2D eigenvalue weighted by Gasteiger charge is -2.11. The zero-order valence-corrected chi connectivity index (χ0v) is 12.4. The molecular weight excluding hydrogens is 297 g/mol. The molecule has 1 aromatic carbocycles. The van der Waals surface area contributed by atoms with E-state index in [-0.39, 0.29) is 12.3 Å². The van der Waals surface area contributed by atoms with E-state index in [2.05, 4.69) is 5.10 Å². The number of nitrogens with zero attached hydrogens (tertiary/aromatic N) is 2. The first kappa shape index (κ1) is 16.1. The predicted octanol–water partition coefficient (Wildman–Crippen LogP) is 3.59. The standard InChI is InChI=1S/C15H15F3N2O2/c1-4-22-14(21)12-8-13(20(3)19-12)11-7-10(15(16,17)18)6-5-9(11)2/h5-8H,4H2,1-3H3. The second-order valence-electron chi connectivity index (χ2n) is 4.79. The average molecular weight is 312 g/mol. The zero-order chi connectivity index (χ0) is 16.5. The van der Waals surface area contributed by atoms with E-state index < -0.39 is 17.7 Å². The van der Waals surface area contributed by atoms with Gasteiger partial charge in [-0.3, -0.25) is 4.68 Å². The largest absolute Gasteiger partial charge is 0.461 e. The van der Waals surface area contributed by atoms with Crippen molar-refractivity contribution in [3.63, 3.8) is 0 Å². The van der Waals surface area contributed by atoms with Crippen molar-refractivity contribution in [2.75, 3.05) is 6.61 Å². The molecule has 0 bridgehead atoms. The summed E-state index contributed by atoms with van der Waals surface area (Å²) in [4.78, 5) is 11.7. The molecule has 0 unspecified atom stereocenters. The van der Waals surface area contributed by atoms with E-state index in [1.807, 2.05) is 0 Å². The van der Waals surface area contributed by atoms with Crippen LogP contribution in [0.5, 0.6) is 0 Å². The molecule has 0 spiro atoms. The third-order valence-corrected chi connectivity index (χ3v) is 3.21. The number of halogens is 3. The molecule has 0 radical (unpaired) electrons. The highest BCUT2D eigenvalue weighted by molar-refractivity contribution is 5.89. The number of hydrogen-bond donors (Lipinski definition) is 0. The van der Waals surface area contributed by atoms with Gasteiger partial charge in [0.2, 0.25) is 0 Å². The zero-order valence-electron chi connectivity index (χ0n) is 12.4. The summed E-state index contributed by atoms with van der Waals surface area (Å²) in [5.74, 6) is -0.603. The van der Waals surface area contributed by atoms with Crippen molar-refractivity contribution in [1.29, 1.82) is 0 Å². The predicted molar refractivity (Wildman–Crippen MR) is 74.3 cm³/mol. The Morgan fingerprint density at radius 2 is 2.00 bits per heavy atom. The molecule has 22 heavy (non-hydrogen) atoms. The van der Waals surface area contributed by atoms with Gasteiger partial charge in [-0.15, -0.1) is 0 Å². The van der Waals surface area contributed by atoms with Crippen LogP contribution in [-0.2, 0) is 18.0 Å². The minimum atomic E-state index is -4.43. The monoisotopic (exact) mass is 312 g/mol. The van der Waals surface area contributed by atoms with Crippen LogP contribution < -0.4 is 0 Å². The lowest BCUT2D eigenvalue weighted by atomic mass is 10.0. The van der Waals surface area contributed by atoms with Crippen LogP contribution in [0.15, 0.2) is 24.3 Å². The first-order chi connectivity index (χ1) is 10.2. The summed E-state index contributed by atoms with van der Waals surface area (Å²) in [5.41, 5.74) is 0.779. The number of carbonyl (C=O) groups is 1. The molecule has 0 saturated heterocycles. The van der Waals surface area contributed by atoms with Crippen LogP contribution in [0, 0.1) is 6.92 Å². The van der Waals surface area contributed by atoms with E-state index in [1.165, 1.54) is 16.8 Å². The second-order valence-corrected chi connectivity index (χ2v) is 4.79. The number of aromatic nitrogens is 2. The Balaban J connectivity index is 2.50. The summed E-state index contributed by atoms with van der Waals surface area (Å²) in [6.07, 6.45) is -4.43. The van der Waals surface area contributed by atoms with Crippen LogP contribution >= 0.6 is 0 Å². The maximum absolute atomic E-state index is 12.9. The number of alkyl halides is 3. The van der Waals surface area contributed by atoms with Crippen molar-refractivity contribution >= 4 is 5.97 Å². The molecule has 0 aliphatic carbocycles. The van der Waals surface area contributed by atoms with E-state index in [1.54, 1.807) is 20.9 Å². The van der Waals surface area contributed by atoms with Crippen molar-refractivity contribution in [2.24, 2.45) is 7.05 Å². The van der Waals surface area contributed by atoms with Gasteiger partial charge in [0.1, 0.15) is 0 Å². The number of carbonyl (C=O) groups excluding carboxylic acids is 1. The number of ether oxygens (including phenoxy) is 1. The molecule has 0 fully saturated rings. The first-order valence-electron chi connectivity index (χ1n) is 6.63.